The summed E-state index contributed by atoms with van der Waals surface area (Å²) in [5.41, 5.74) is 6.40. The molecular weight excluding hydrogens is 348 g/mol. The maximum absolute atomic E-state index is 12.0. The quantitative estimate of drug-likeness (QED) is 0.573. The van der Waals surface area contributed by atoms with Gasteiger partial charge in [-0.2, -0.15) is 5.10 Å². The normalized spacial score (nSPS) is 9.93. The summed E-state index contributed by atoms with van der Waals surface area (Å²) in [5.74, 6) is 5.54. The van der Waals surface area contributed by atoms with Gasteiger partial charge in [-0.3, -0.25) is 14.7 Å². The van der Waals surface area contributed by atoms with Gasteiger partial charge in [-0.1, -0.05) is 24.0 Å². The van der Waals surface area contributed by atoms with E-state index in [4.69, 9.17) is 14.9 Å². The molecule has 2 heterocycles. The maximum Gasteiger partial charge on any atom is 0.272 e. The highest BCUT2D eigenvalue weighted by Crippen LogP contribution is 2.18. The van der Waals surface area contributed by atoms with Crippen LogP contribution < -0.4 is 15.8 Å². The van der Waals surface area contributed by atoms with Gasteiger partial charge in [0.05, 0.1) is 18.4 Å². The van der Waals surface area contributed by atoms with Crippen molar-refractivity contribution in [1.82, 2.24) is 15.5 Å². The largest absolute Gasteiger partial charge is 0.480 e. The Morgan fingerprint density at radius 2 is 2.07 bits per heavy atom. The van der Waals surface area contributed by atoms with E-state index < -0.39 is 5.91 Å². The Balaban J connectivity index is 1.47. The van der Waals surface area contributed by atoms with Crippen molar-refractivity contribution in [1.29, 1.82) is 0 Å². The van der Waals surface area contributed by atoms with E-state index in [9.17, 15) is 9.59 Å². The molecule has 2 aromatic heterocycles. The summed E-state index contributed by atoms with van der Waals surface area (Å²) in [6.07, 6.45) is 1.54. The number of H-pyrrole nitrogens is 1. The van der Waals surface area contributed by atoms with Crippen molar-refractivity contribution in [3.8, 4) is 29.0 Å². The van der Waals surface area contributed by atoms with Crippen LogP contribution in [0.2, 0.25) is 0 Å². The number of aromatic amines is 1. The minimum Gasteiger partial charge on any atom is -0.480 e. The monoisotopic (exact) mass is 364 g/mol. The zero-order chi connectivity index (χ0) is 19.1. The molecular formula is C19H16N4O4. The van der Waals surface area contributed by atoms with Gasteiger partial charge in [0, 0.05) is 6.07 Å². The first-order chi connectivity index (χ1) is 13.1. The summed E-state index contributed by atoms with van der Waals surface area (Å²) < 4.78 is 10.6. The molecule has 8 heteroatoms. The molecule has 1 aromatic carbocycles. The number of carbonyl (C=O) groups is 2. The fourth-order valence-electron chi connectivity index (χ4n) is 2.23. The summed E-state index contributed by atoms with van der Waals surface area (Å²) in [6.45, 7) is 0.188. The summed E-state index contributed by atoms with van der Waals surface area (Å²) in [5, 5.41) is 9.30. The molecule has 27 heavy (non-hydrogen) atoms. The van der Waals surface area contributed by atoms with E-state index in [1.165, 1.54) is 6.26 Å². The third-order valence-electron chi connectivity index (χ3n) is 3.51. The Labute approximate surface area is 154 Å². The van der Waals surface area contributed by atoms with E-state index >= 15 is 0 Å². The van der Waals surface area contributed by atoms with Crippen LogP contribution in [-0.2, 0) is 0 Å². The highest BCUT2D eigenvalue weighted by molar-refractivity contribution is 5.95. The van der Waals surface area contributed by atoms with Gasteiger partial charge in [-0.15, -0.1) is 0 Å². The maximum atomic E-state index is 12.0. The fourth-order valence-corrected chi connectivity index (χ4v) is 2.23. The van der Waals surface area contributed by atoms with E-state index in [0.29, 0.717) is 22.8 Å². The van der Waals surface area contributed by atoms with Crippen LogP contribution in [0, 0.1) is 11.8 Å². The van der Waals surface area contributed by atoms with Crippen LogP contribution in [0.4, 0.5) is 0 Å². The first-order valence-corrected chi connectivity index (χ1v) is 8.00. The molecule has 0 aliphatic heterocycles. The number of nitrogens with one attached hydrogen (secondary N) is 2. The van der Waals surface area contributed by atoms with Crippen molar-refractivity contribution in [3.05, 3.63) is 60.0 Å². The van der Waals surface area contributed by atoms with Gasteiger partial charge in [0.25, 0.3) is 11.8 Å². The number of nitrogens with zero attached hydrogens (tertiary/aromatic N) is 1. The zero-order valence-electron chi connectivity index (χ0n) is 14.2. The van der Waals surface area contributed by atoms with E-state index in [0.717, 1.165) is 0 Å². The van der Waals surface area contributed by atoms with Crippen molar-refractivity contribution in [3.63, 3.8) is 0 Å². The van der Waals surface area contributed by atoms with E-state index in [1.54, 1.807) is 42.5 Å². The molecule has 0 aliphatic rings. The van der Waals surface area contributed by atoms with Crippen molar-refractivity contribution < 1.29 is 18.7 Å². The number of hydrogen-bond donors (Lipinski definition) is 3. The summed E-state index contributed by atoms with van der Waals surface area (Å²) in [7, 11) is 0. The zero-order valence-corrected chi connectivity index (χ0v) is 14.2. The van der Waals surface area contributed by atoms with Crippen molar-refractivity contribution in [2.45, 2.75) is 0 Å². The van der Waals surface area contributed by atoms with E-state index in [2.05, 4.69) is 27.4 Å². The molecule has 0 fully saturated rings. The van der Waals surface area contributed by atoms with Gasteiger partial charge in [-0.05, 0) is 24.3 Å². The lowest BCUT2D eigenvalue weighted by Gasteiger charge is -2.05. The third kappa shape index (κ3) is 4.55. The molecule has 3 aromatic rings. The predicted octanol–water partition coefficient (Wildman–Crippen LogP) is 1.58. The topological polar surface area (TPSA) is 123 Å². The number of rotatable bonds is 6. The molecule has 2 amide bonds. The standard InChI is InChI=1S/C19H16N4O4/c20-18(24)13-6-1-2-7-16(13)26-10-4-3-9-21-19(25)15-12-14(22-23-15)17-8-5-11-27-17/h1-2,5-8,11-12H,9-10H2,(H2,20,24)(H,21,25)(H,22,23). The number of nitrogens with two attached hydrogens (primary N) is 1. The minimum atomic E-state index is -0.571. The van der Waals surface area contributed by atoms with Crippen LogP contribution in [0.3, 0.4) is 0 Å². The smallest absolute Gasteiger partial charge is 0.272 e. The molecule has 0 saturated heterocycles. The molecule has 0 radical (unpaired) electrons. The number of hydrogen-bond acceptors (Lipinski definition) is 5. The van der Waals surface area contributed by atoms with Crippen molar-refractivity contribution in [2.75, 3.05) is 13.2 Å². The van der Waals surface area contributed by atoms with Crippen molar-refractivity contribution in [2.24, 2.45) is 5.73 Å². The van der Waals surface area contributed by atoms with Gasteiger partial charge < -0.3 is 20.2 Å². The van der Waals surface area contributed by atoms with Gasteiger partial charge in [-0.25, -0.2) is 0 Å². The first kappa shape index (κ1) is 17.8. The highest BCUT2D eigenvalue weighted by atomic mass is 16.5. The molecule has 0 bridgehead atoms. The second-order valence-electron chi connectivity index (χ2n) is 5.33. The average Bonchev–Trinajstić information content (AvgIpc) is 3.36. The van der Waals surface area contributed by atoms with Gasteiger partial charge in [0.15, 0.2) is 11.5 Å². The molecule has 8 nitrogen and oxygen atoms in total. The average molecular weight is 364 g/mol. The Hall–Kier alpha value is -3.99. The third-order valence-corrected chi connectivity index (χ3v) is 3.51. The van der Waals surface area contributed by atoms with Gasteiger partial charge in [0.2, 0.25) is 0 Å². The Morgan fingerprint density at radius 1 is 1.22 bits per heavy atom. The van der Waals surface area contributed by atoms with Crippen LogP contribution in [0.15, 0.2) is 53.1 Å². The van der Waals surface area contributed by atoms with Gasteiger partial charge >= 0.3 is 0 Å². The van der Waals surface area contributed by atoms with Crippen molar-refractivity contribution >= 4 is 11.8 Å². The minimum absolute atomic E-state index is 0.0607. The number of benzene rings is 1. The molecule has 0 aliphatic carbocycles. The second-order valence-corrected chi connectivity index (χ2v) is 5.33. The van der Waals surface area contributed by atoms with Crippen LogP contribution in [-0.4, -0.2) is 35.2 Å². The first-order valence-electron chi connectivity index (χ1n) is 8.00. The Morgan fingerprint density at radius 3 is 2.85 bits per heavy atom. The van der Waals surface area contributed by atoms with Crippen LogP contribution in [0.25, 0.3) is 11.5 Å². The molecule has 136 valence electrons. The lowest BCUT2D eigenvalue weighted by Crippen LogP contribution is -2.24. The second kappa shape index (κ2) is 8.40. The highest BCUT2D eigenvalue weighted by Gasteiger charge is 2.11. The number of amides is 2. The summed E-state index contributed by atoms with van der Waals surface area (Å²) in [4.78, 5) is 23.3. The number of furan rings is 1. The SMILES string of the molecule is NC(=O)c1ccccc1OCC#CCNC(=O)c1cc(-c2ccco2)[nH]n1. The van der Waals surface area contributed by atoms with Gasteiger partial charge in [0.1, 0.15) is 18.1 Å². The van der Waals surface area contributed by atoms with E-state index in [-0.39, 0.29) is 24.8 Å². The fraction of sp³-hybridized carbons (Fsp3) is 0.105. The molecule has 3 rings (SSSR count). The summed E-state index contributed by atoms with van der Waals surface area (Å²) >= 11 is 0. The summed E-state index contributed by atoms with van der Waals surface area (Å²) in [6, 6.07) is 11.7. The number of ether oxygens (including phenoxy) is 1. The number of carbonyl (C=O) groups excluding carboxylic acids is 2. The molecule has 0 unspecified atom stereocenters. The molecule has 0 saturated carbocycles. The predicted molar refractivity (Wildman–Crippen MR) is 96.9 cm³/mol. The number of para-hydroxylation sites is 1. The van der Waals surface area contributed by atoms with E-state index in [1.807, 2.05) is 0 Å². The lowest BCUT2D eigenvalue weighted by atomic mass is 10.2. The molecule has 0 spiro atoms. The number of primary amides is 1. The lowest BCUT2D eigenvalue weighted by molar-refractivity contribution is 0.0952. The molecule has 0 atom stereocenters. The van der Waals surface area contributed by atoms with Crippen LogP contribution >= 0.6 is 0 Å². The molecule has 4 N–H and O–H groups in total. The Bertz CT molecular complexity index is 996. The Kier molecular flexibility index (Phi) is 5.54. The van der Waals surface area contributed by atoms with Crippen LogP contribution in [0.5, 0.6) is 5.75 Å². The van der Waals surface area contributed by atoms with Crippen LogP contribution in [0.1, 0.15) is 20.8 Å². The number of aromatic nitrogens is 2.